The molecule has 0 bridgehead atoms. The maximum atomic E-state index is 13.1. The number of methoxy groups -OCH3 is 3. The third-order valence-electron chi connectivity index (χ3n) is 3.54. The van der Waals surface area contributed by atoms with E-state index in [0.29, 0.717) is 35.8 Å². The first-order valence-electron chi connectivity index (χ1n) is 7.42. The molecule has 2 aromatic carbocycles. The molecule has 0 saturated heterocycles. The summed E-state index contributed by atoms with van der Waals surface area (Å²) in [6.45, 7) is 0.375. The molecule has 0 aromatic heterocycles. The van der Waals surface area contributed by atoms with Gasteiger partial charge in [-0.2, -0.15) is 0 Å². The summed E-state index contributed by atoms with van der Waals surface area (Å²) in [5, 5.41) is 2.79. The highest BCUT2D eigenvalue weighted by Crippen LogP contribution is 2.39. The zero-order chi connectivity index (χ0) is 17.5. The maximum absolute atomic E-state index is 13.1. The number of hydrogen-bond donors (Lipinski definition) is 1. The van der Waals surface area contributed by atoms with Crippen LogP contribution in [0.25, 0.3) is 0 Å². The minimum absolute atomic E-state index is 0.291. The van der Waals surface area contributed by atoms with Gasteiger partial charge in [-0.1, -0.05) is 12.1 Å². The lowest BCUT2D eigenvalue weighted by atomic mass is 10.1. The van der Waals surface area contributed by atoms with Gasteiger partial charge in [-0.25, -0.2) is 4.39 Å². The predicted octanol–water partition coefficient (Wildman–Crippen LogP) is 2.82. The van der Waals surface area contributed by atoms with Crippen molar-refractivity contribution in [2.75, 3.05) is 27.9 Å². The van der Waals surface area contributed by atoms with Crippen LogP contribution in [-0.2, 0) is 6.42 Å². The third-order valence-corrected chi connectivity index (χ3v) is 3.54. The van der Waals surface area contributed by atoms with Gasteiger partial charge in [0.15, 0.2) is 11.5 Å². The zero-order valence-electron chi connectivity index (χ0n) is 13.9. The Kier molecular flexibility index (Phi) is 6.01. The molecule has 1 N–H and O–H groups in total. The lowest BCUT2D eigenvalue weighted by molar-refractivity contribution is 0.0950. The number of halogens is 1. The molecule has 0 aliphatic heterocycles. The van der Waals surface area contributed by atoms with Crippen LogP contribution in [0.15, 0.2) is 36.4 Å². The fourth-order valence-corrected chi connectivity index (χ4v) is 2.39. The first-order valence-corrected chi connectivity index (χ1v) is 7.42. The van der Waals surface area contributed by atoms with E-state index >= 15 is 0 Å². The highest BCUT2D eigenvalue weighted by atomic mass is 19.1. The van der Waals surface area contributed by atoms with Crippen LogP contribution in [0.5, 0.6) is 17.2 Å². The van der Waals surface area contributed by atoms with E-state index in [-0.39, 0.29) is 11.7 Å². The number of hydrogen-bond acceptors (Lipinski definition) is 4. The van der Waals surface area contributed by atoms with Gasteiger partial charge in [0.05, 0.1) is 26.9 Å². The van der Waals surface area contributed by atoms with Crippen molar-refractivity contribution < 1.29 is 23.4 Å². The van der Waals surface area contributed by atoms with Crippen molar-refractivity contribution >= 4 is 5.91 Å². The van der Waals surface area contributed by atoms with E-state index in [9.17, 15) is 9.18 Å². The van der Waals surface area contributed by atoms with Crippen molar-refractivity contribution in [3.63, 3.8) is 0 Å². The molecule has 2 aromatic rings. The summed E-state index contributed by atoms with van der Waals surface area (Å²) in [5.74, 6) is 0.549. The molecule has 0 heterocycles. The van der Waals surface area contributed by atoms with Gasteiger partial charge in [0.1, 0.15) is 5.82 Å². The van der Waals surface area contributed by atoms with E-state index in [1.165, 1.54) is 33.5 Å². The molecular formula is C18H20FNO4. The number of carbonyl (C=O) groups is 1. The molecule has 128 valence electrons. The summed E-state index contributed by atoms with van der Waals surface area (Å²) in [6, 6.07) is 9.54. The Morgan fingerprint density at radius 3 is 2.42 bits per heavy atom. The molecule has 0 atom stereocenters. The van der Waals surface area contributed by atoms with Gasteiger partial charge in [-0.3, -0.25) is 4.79 Å². The summed E-state index contributed by atoms with van der Waals surface area (Å²) < 4.78 is 28.9. The summed E-state index contributed by atoms with van der Waals surface area (Å²) in [4.78, 5) is 12.4. The molecule has 5 nitrogen and oxygen atoms in total. The van der Waals surface area contributed by atoms with Crippen molar-refractivity contribution in [3.8, 4) is 17.2 Å². The molecule has 0 aliphatic carbocycles. The molecule has 2 rings (SSSR count). The number of carbonyl (C=O) groups excluding carboxylic acids is 1. The van der Waals surface area contributed by atoms with Crippen LogP contribution in [0, 0.1) is 5.82 Å². The van der Waals surface area contributed by atoms with Crippen LogP contribution in [0.1, 0.15) is 15.9 Å². The van der Waals surface area contributed by atoms with Gasteiger partial charge in [0, 0.05) is 6.54 Å². The Labute approximate surface area is 140 Å². The highest BCUT2D eigenvalue weighted by Gasteiger charge is 2.20. The maximum Gasteiger partial charge on any atom is 0.255 e. The quantitative estimate of drug-likeness (QED) is 0.846. The van der Waals surface area contributed by atoms with Crippen molar-refractivity contribution in [3.05, 3.63) is 53.3 Å². The Balaban J connectivity index is 2.09. The smallest absolute Gasteiger partial charge is 0.255 e. The van der Waals surface area contributed by atoms with Crippen LogP contribution >= 0.6 is 0 Å². The van der Waals surface area contributed by atoms with Gasteiger partial charge in [-0.05, 0) is 36.2 Å². The van der Waals surface area contributed by atoms with Gasteiger partial charge < -0.3 is 19.5 Å². The molecule has 6 heteroatoms. The number of amides is 1. The minimum atomic E-state index is -0.302. The molecule has 24 heavy (non-hydrogen) atoms. The van der Waals surface area contributed by atoms with Crippen molar-refractivity contribution in [2.24, 2.45) is 0 Å². The fourth-order valence-electron chi connectivity index (χ4n) is 2.39. The van der Waals surface area contributed by atoms with Gasteiger partial charge in [0.25, 0.3) is 5.91 Å². The second-order valence-electron chi connectivity index (χ2n) is 5.02. The van der Waals surface area contributed by atoms with Gasteiger partial charge in [0.2, 0.25) is 5.75 Å². The monoisotopic (exact) mass is 333 g/mol. The molecule has 0 radical (unpaired) electrons. The van der Waals surface area contributed by atoms with Crippen LogP contribution < -0.4 is 19.5 Å². The SMILES string of the molecule is COc1ccc(C(=O)NCCc2cccc(F)c2)c(OC)c1OC. The number of nitrogens with one attached hydrogen (secondary N) is 1. The summed E-state index contributed by atoms with van der Waals surface area (Å²) in [7, 11) is 4.45. The van der Waals surface area contributed by atoms with Crippen LogP contribution in [0.2, 0.25) is 0 Å². The normalized spacial score (nSPS) is 10.2. The van der Waals surface area contributed by atoms with E-state index in [1.807, 2.05) is 6.07 Å². The van der Waals surface area contributed by atoms with Crippen LogP contribution in [0.3, 0.4) is 0 Å². The second-order valence-corrected chi connectivity index (χ2v) is 5.02. The minimum Gasteiger partial charge on any atom is -0.493 e. The molecular weight excluding hydrogens is 313 g/mol. The van der Waals surface area contributed by atoms with Crippen LogP contribution in [0.4, 0.5) is 4.39 Å². The van der Waals surface area contributed by atoms with E-state index in [1.54, 1.807) is 18.2 Å². The number of benzene rings is 2. The lowest BCUT2D eigenvalue weighted by Crippen LogP contribution is -2.26. The molecule has 0 fully saturated rings. The van der Waals surface area contributed by atoms with Gasteiger partial charge >= 0.3 is 0 Å². The zero-order valence-corrected chi connectivity index (χ0v) is 13.9. The summed E-state index contributed by atoms with van der Waals surface area (Å²) in [5.41, 5.74) is 1.16. The molecule has 0 saturated carbocycles. The predicted molar refractivity (Wildman–Crippen MR) is 88.5 cm³/mol. The fraction of sp³-hybridized carbons (Fsp3) is 0.278. The average Bonchev–Trinajstić information content (AvgIpc) is 2.60. The first-order chi connectivity index (χ1) is 11.6. The Bertz CT molecular complexity index is 718. The van der Waals surface area contributed by atoms with Crippen molar-refractivity contribution in [1.29, 1.82) is 0 Å². The standard InChI is InChI=1S/C18H20FNO4/c1-22-15-8-7-14(16(23-2)17(15)24-3)18(21)20-10-9-12-5-4-6-13(19)11-12/h4-8,11H,9-10H2,1-3H3,(H,20,21). The van der Waals surface area contributed by atoms with E-state index in [4.69, 9.17) is 14.2 Å². The van der Waals surface area contributed by atoms with Crippen LogP contribution in [-0.4, -0.2) is 33.8 Å². The Morgan fingerprint density at radius 1 is 1.04 bits per heavy atom. The molecule has 0 unspecified atom stereocenters. The molecule has 0 aliphatic rings. The van der Waals surface area contributed by atoms with E-state index in [0.717, 1.165) is 5.56 Å². The largest absolute Gasteiger partial charge is 0.493 e. The average molecular weight is 333 g/mol. The first kappa shape index (κ1) is 17.6. The number of ether oxygens (including phenoxy) is 3. The van der Waals surface area contributed by atoms with Crippen molar-refractivity contribution in [2.45, 2.75) is 6.42 Å². The van der Waals surface area contributed by atoms with Crippen molar-refractivity contribution in [1.82, 2.24) is 5.32 Å². The third kappa shape index (κ3) is 3.95. The van der Waals surface area contributed by atoms with Gasteiger partial charge in [-0.15, -0.1) is 0 Å². The number of rotatable bonds is 7. The summed E-state index contributed by atoms with van der Waals surface area (Å²) in [6.07, 6.45) is 0.527. The molecule has 0 spiro atoms. The second kappa shape index (κ2) is 8.19. The van der Waals surface area contributed by atoms with E-state index < -0.39 is 0 Å². The van der Waals surface area contributed by atoms with E-state index in [2.05, 4.69) is 5.32 Å². The topological polar surface area (TPSA) is 56.8 Å². The molecule has 1 amide bonds. The highest BCUT2D eigenvalue weighted by molar-refractivity contribution is 5.98. The summed E-state index contributed by atoms with van der Waals surface area (Å²) >= 11 is 0. The lowest BCUT2D eigenvalue weighted by Gasteiger charge is -2.15. The Hall–Kier alpha value is -2.76. The Morgan fingerprint density at radius 2 is 1.79 bits per heavy atom.